The molecule has 0 bridgehead atoms. The van der Waals surface area contributed by atoms with Crippen molar-refractivity contribution in [2.45, 2.75) is 0 Å². The average molecular weight is 190 g/mol. The van der Waals surface area contributed by atoms with Gasteiger partial charge >= 0.3 is 0 Å². The van der Waals surface area contributed by atoms with Crippen LogP contribution < -0.4 is 11.1 Å². The number of rotatable bonds is 1. The summed E-state index contributed by atoms with van der Waals surface area (Å²) >= 11 is 0. The van der Waals surface area contributed by atoms with Gasteiger partial charge in [-0.2, -0.15) is 0 Å². The van der Waals surface area contributed by atoms with Crippen LogP contribution >= 0.6 is 0 Å². The molecule has 0 saturated heterocycles. The Bertz CT molecular complexity index is 482. The highest BCUT2D eigenvalue weighted by atomic mass is 19.1. The van der Waals surface area contributed by atoms with E-state index in [1.807, 2.05) is 0 Å². The van der Waals surface area contributed by atoms with Crippen LogP contribution in [0.2, 0.25) is 0 Å². The number of halogens is 1. The number of fused-ring (bicyclic) bond motifs is 1. The normalized spacial score (nSPS) is 10.4. The van der Waals surface area contributed by atoms with E-state index < -0.39 is 5.82 Å². The fourth-order valence-corrected chi connectivity index (χ4v) is 1.27. The Kier molecular flexibility index (Phi) is 1.96. The number of aromatic nitrogens is 1. The molecule has 2 aromatic rings. The van der Waals surface area contributed by atoms with Crippen LogP contribution in [0.25, 0.3) is 10.9 Å². The first-order valence-corrected chi connectivity index (χ1v) is 4.09. The number of anilines is 2. The largest absolute Gasteiger partial charge is 0.383 e. The first kappa shape index (κ1) is 8.74. The van der Waals surface area contributed by atoms with Gasteiger partial charge in [-0.15, -0.1) is 0 Å². The van der Waals surface area contributed by atoms with Crippen molar-refractivity contribution >= 4 is 22.4 Å². The van der Waals surface area contributed by atoms with Crippen molar-refractivity contribution < 1.29 is 4.39 Å². The Morgan fingerprint density at radius 2 is 2.14 bits per heavy atom. The van der Waals surface area contributed by atoms with Crippen molar-refractivity contribution in [1.82, 2.24) is 4.98 Å². The lowest BCUT2D eigenvalue weighted by atomic mass is 10.2. The number of nitrogens with one attached hydrogen (secondary N) is 1. The molecule has 3 N–H and O–H groups in total. The zero-order valence-electron chi connectivity index (χ0n) is 7.42. The third kappa shape index (κ3) is 1.35. The molecule has 0 atom stereocenters. The minimum absolute atomic E-state index is 0.0845. The lowest BCUT2D eigenvalue weighted by Crippen LogP contribution is -1.95. The molecule has 0 aliphatic heterocycles. The SMILES string of the molecule is [CH2]Nc1ccc2cc(F)c(N)nc2c1. The molecule has 71 valence electrons. The second kappa shape index (κ2) is 3.14. The molecule has 1 heterocycles. The van der Waals surface area contributed by atoms with Crippen LogP contribution in [0.1, 0.15) is 0 Å². The Morgan fingerprint density at radius 3 is 2.86 bits per heavy atom. The number of nitrogen functional groups attached to an aromatic ring is 1. The van der Waals surface area contributed by atoms with E-state index in [1.54, 1.807) is 18.2 Å². The van der Waals surface area contributed by atoms with Crippen molar-refractivity contribution in [2.24, 2.45) is 0 Å². The minimum Gasteiger partial charge on any atom is -0.383 e. The first-order chi connectivity index (χ1) is 6.70. The van der Waals surface area contributed by atoms with Gasteiger partial charge in [-0.05, 0) is 18.2 Å². The highest BCUT2D eigenvalue weighted by Gasteiger charge is 2.03. The maximum absolute atomic E-state index is 13.0. The van der Waals surface area contributed by atoms with Crippen molar-refractivity contribution in [3.8, 4) is 0 Å². The zero-order valence-corrected chi connectivity index (χ0v) is 7.42. The highest BCUT2D eigenvalue weighted by Crippen LogP contribution is 2.20. The molecule has 14 heavy (non-hydrogen) atoms. The lowest BCUT2D eigenvalue weighted by Gasteiger charge is -2.03. The molecule has 1 aromatic carbocycles. The molecule has 0 spiro atoms. The van der Waals surface area contributed by atoms with Gasteiger partial charge in [0.1, 0.15) is 0 Å². The zero-order chi connectivity index (χ0) is 10.1. The molecule has 2 rings (SSSR count). The smallest absolute Gasteiger partial charge is 0.165 e. The summed E-state index contributed by atoms with van der Waals surface area (Å²) in [6, 6.07) is 6.69. The van der Waals surface area contributed by atoms with Crippen LogP contribution in [-0.2, 0) is 0 Å². The molecular weight excluding hydrogens is 181 g/mol. The molecular formula is C10H9FN3. The summed E-state index contributed by atoms with van der Waals surface area (Å²) in [6.45, 7) is 0. The Balaban J connectivity index is 2.70. The maximum atomic E-state index is 13.0. The second-order valence-electron chi connectivity index (χ2n) is 2.94. The van der Waals surface area contributed by atoms with Crippen LogP contribution in [0, 0.1) is 12.9 Å². The number of nitrogens with two attached hydrogens (primary N) is 1. The lowest BCUT2D eigenvalue weighted by molar-refractivity contribution is 0.630. The molecule has 1 aromatic heterocycles. The molecule has 0 unspecified atom stereocenters. The molecule has 4 heteroatoms. The van der Waals surface area contributed by atoms with Gasteiger partial charge in [0.2, 0.25) is 0 Å². The number of benzene rings is 1. The summed E-state index contributed by atoms with van der Waals surface area (Å²) in [5.41, 5.74) is 6.82. The summed E-state index contributed by atoms with van der Waals surface area (Å²) in [4.78, 5) is 3.92. The average Bonchev–Trinajstić information content (AvgIpc) is 2.19. The maximum Gasteiger partial charge on any atom is 0.165 e. The van der Waals surface area contributed by atoms with Gasteiger partial charge in [0.15, 0.2) is 11.6 Å². The van der Waals surface area contributed by atoms with E-state index in [9.17, 15) is 4.39 Å². The van der Waals surface area contributed by atoms with Gasteiger partial charge in [-0.3, -0.25) is 0 Å². The molecule has 3 nitrogen and oxygen atoms in total. The molecule has 0 amide bonds. The fourth-order valence-electron chi connectivity index (χ4n) is 1.27. The minimum atomic E-state index is -0.493. The van der Waals surface area contributed by atoms with Gasteiger partial charge in [0.05, 0.1) is 5.52 Å². The van der Waals surface area contributed by atoms with Gasteiger partial charge < -0.3 is 11.1 Å². The second-order valence-corrected chi connectivity index (χ2v) is 2.94. The predicted octanol–water partition coefficient (Wildman–Crippen LogP) is 2.16. The van der Waals surface area contributed by atoms with Gasteiger partial charge in [0.25, 0.3) is 0 Å². The van der Waals surface area contributed by atoms with E-state index in [2.05, 4.69) is 17.3 Å². The molecule has 0 aliphatic rings. The number of pyridine rings is 1. The number of hydrogen-bond donors (Lipinski definition) is 2. The van der Waals surface area contributed by atoms with Crippen LogP contribution in [0.3, 0.4) is 0 Å². The summed E-state index contributed by atoms with van der Waals surface area (Å²) in [5, 5.41) is 3.45. The monoisotopic (exact) mass is 190 g/mol. The van der Waals surface area contributed by atoms with E-state index in [0.717, 1.165) is 11.1 Å². The van der Waals surface area contributed by atoms with Crippen LogP contribution in [0.15, 0.2) is 24.3 Å². The van der Waals surface area contributed by atoms with Crippen LogP contribution in [0.4, 0.5) is 15.9 Å². The summed E-state index contributed by atoms with van der Waals surface area (Å²) < 4.78 is 13.0. The molecule has 0 saturated carbocycles. The number of hydrogen-bond acceptors (Lipinski definition) is 3. The van der Waals surface area contributed by atoms with E-state index in [0.29, 0.717) is 5.52 Å². The standard InChI is InChI=1S/C10H9FN3/c1-13-7-3-2-6-4-8(11)10(12)14-9(6)5-7/h2-5,13H,1H2,(H2,12,14). The molecule has 0 fully saturated rings. The van der Waals surface area contributed by atoms with E-state index in [4.69, 9.17) is 5.73 Å². The third-order valence-electron chi connectivity index (χ3n) is 2.00. The van der Waals surface area contributed by atoms with Gasteiger partial charge in [0, 0.05) is 18.1 Å². The predicted molar refractivity (Wildman–Crippen MR) is 55.1 cm³/mol. The van der Waals surface area contributed by atoms with E-state index in [-0.39, 0.29) is 5.82 Å². The van der Waals surface area contributed by atoms with Crippen molar-refractivity contribution in [2.75, 3.05) is 11.1 Å². The summed E-state index contributed by atoms with van der Waals surface area (Å²) in [5.74, 6) is -0.577. The Hall–Kier alpha value is -1.84. The number of nitrogens with zero attached hydrogens (tertiary/aromatic N) is 1. The van der Waals surface area contributed by atoms with Crippen molar-refractivity contribution in [1.29, 1.82) is 0 Å². The highest BCUT2D eigenvalue weighted by molar-refractivity contribution is 5.83. The third-order valence-corrected chi connectivity index (χ3v) is 2.00. The van der Waals surface area contributed by atoms with Crippen LogP contribution in [-0.4, -0.2) is 4.98 Å². The van der Waals surface area contributed by atoms with E-state index >= 15 is 0 Å². The molecule has 1 radical (unpaired) electrons. The summed E-state index contributed by atoms with van der Waals surface area (Å²) in [7, 11) is 3.52. The topological polar surface area (TPSA) is 50.9 Å². The molecule has 0 aliphatic carbocycles. The van der Waals surface area contributed by atoms with Gasteiger partial charge in [-0.25, -0.2) is 9.37 Å². The van der Waals surface area contributed by atoms with Crippen molar-refractivity contribution in [3.05, 3.63) is 37.1 Å². The first-order valence-electron chi connectivity index (χ1n) is 4.09. The Labute approximate surface area is 80.8 Å². The van der Waals surface area contributed by atoms with Gasteiger partial charge in [-0.1, -0.05) is 6.07 Å². The quantitative estimate of drug-likeness (QED) is 0.724. The van der Waals surface area contributed by atoms with Crippen molar-refractivity contribution in [3.63, 3.8) is 0 Å². The Morgan fingerprint density at radius 1 is 1.36 bits per heavy atom. The van der Waals surface area contributed by atoms with E-state index in [1.165, 1.54) is 6.07 Å². The summed E-state index contributed by atoms with van der Waals surface area (Å²) in [6.07, 6.45) is 0. The fraction of sp³-hybridized carbons (Fsp3) is 0. The van der Waals surface area contributed by atoms with Crippen LogP contribution in [0.5, 0.6) is 0 Å².